The molecule has 0 bridgehead atoms. The maximum Gasteiger partial charge on any atom is 0.148 e. The van der Waals surface area contributed by atoms with E-state index in [0.29, 0.717) is 5.04 Å². The topological polar surface area (TPSA) is 12.0 Å². The van der Waals surface area contributed by atoms with Crippen LogP contribution in [0.1, 0.15) is 48.0 Å². The van der Waals surface area contributed by atoms with Gasteiger partial charge in [0.25, 0.3) is 0 Å². The lowest BCUT2D eigenvalue weighted by Crippen LogP contribution is -2.56. The highest BCUT2D eigenvalue weighted by Crippen LogP contribution is 2.45. The average Bonchev–Trinajstić information content (AvgIpc) is 2.60. The van der Waals surface area contributed by atoms with E-state index < -0.39 is 16.3 Å². The average molecular weight is 310 g/mol. The summed E-state index contributed by atoms with van der Waals surface area (Å²) in [6.45, 7) is 24.2. The van der Waals surface area contributed by atoms with Crippen LogP contribution in [0.4, 0.5) is 0 Å². The van der Waals surface area contributed by atoms with E-state index in [2.05, 4.69) is 84.9 Å². The first-order valence-corrected chi connectivity index (χ1v) is 13.9. The summed E-state index contributed by atoms with van der Waals surface area (Å²) in [5.74, 6) is 0. The largest absolute Gasteiger partial charge is 0.329 e. The summed E-state index contributed by atoms with van der Waals surface area (Å²) in [7, 11) is -2.99. The van der Waals surface area contributed by atoms with Crippen LogP contribution in [0.2, 0.25) is 31.2 Å². The van der Waals surface area contributed by atoms with Crippen LogP contribution in [-0.2, 0) is 0 Å². The van der Waals surface area contributed by atoms with E-state index in [9.17, 15) is 0 Å². The molecule has 1 N–H and O–H groups in total. The number of hydrogen-bond acceptors (Lipinski definition) is 1. The molecule has 0 aromatic rings. The Hall–Kier alpha value is -0.126. The van der Waals surface area contributed by atoms with Gasteiger partial charge >= 0.3 is 0 Å². The fourth-order valence-electron chi connectivity index (χ4n) is 3.10. The van der Waals surface area contributed by atoms with E-state index in [1.54, 1.807) is 10.4 Å². The van der Waals surface area contributed by atoms with Crippen molar-refractivity contribution in [2.45, 2.75) is 84.7 Å². The van der Waals surface area contributed by atoms with E-state index >= 15 is 0 Å². The number of hydrogen-bond donors (Lipinski definition) is 1. The second-order valence-corrected chi connectivity index (χ2v) is 18.8. The zero-order chi connectivity index (χ0) is 16.0. The molecule has 116 valence electrons. The molecule has 3 heteroatoms. The highest BCUT2D eigenvalue weighted by Gasteiger charge is 2.43. The van der Waals surface area contributed by atoms with Gasteiger partial charge in [-0.05, 0) is 32.2 Å². The van der Waals surface area contributed by atoms with E-state index in [0.717, 1.165) is 0 Å². The van der Waals surface area contributed by atoms with Gasteiger partial charge in [-0.3, -0.25) is 0 Å². The van der Waals surface area contributed by atoms with Crippen LogP contribution < -0.4 is 4.98 Å². The molecule has 0 spiro atoms. The molecular weight excluding hydrogens is 274 g/mol. The Morgan fingerprint density at radius 1 is 0.950 bits per heavy atom. The standard InChI is InChI=1S/C17H35NSi2/c1-16(2,3)18-20(9,10)15-13-11-12-14(15)19(7,8)17(4,5)6/h11-12,18H,13H2,1-10H3. The smallest absolute Gasteiger partial charge is 0.148 e. The van der Waals surface area contributed by atoms with E-state index in [1.807, 2.05) is 0 Å². The van der Waals surface area contributed by atoms with E-state index in [-0.39, 0.29) is 5.54 Å². The zero-order valence-corrected chi connectivity index (χ0v) is 17.4. The second kappa shape index (κ2) is 5.25. The molecule has 0 saturated carbocycles. The Bertz CT molecular complexity index is 429. The monoisotopic (exact) mass is 309 g/mol. The predicted molar refractivity (Wildman–Crippen MR) is 98.4 cm³/mol. The first kappa shape index (κ1) is 17.9. The van der Waals surface area contributed by atoms with Gasteiger partial charge in [-0.15, -0.1) is 0 Å². The molecular formula is C17H35NSi2. The molecule has 1 nitrogen and oxygen atoms in total. The van der Waals surface area contributed by atoms with Gasteiger partial charge in [-0.2, -0.15) is 0 Å². The van der Waals surface area contributed by atoms with Crippen molar-refractivity contribution in [1.29, 1.82) is 0 Å². The quantitative estimate of drug-likeness (QED) is 0.686. The van der Waals surface area contributed by atoms with Crippen LogP contribution in [0.15, 0.2) is 22.5 Å². The van der Waals surface area contributed by atoms with Crippen molar-refractivity contribution < 1.29 is 0 Å². The summed E-state index contributed by atoms with van der Waals surface area (Å²) < 4.78 is 0. The lowest BCUT2D eigenvalue weighted by atomic mass is 10.1. The van der Waals surface area contributed by atoms with Crippen molar-refractivity contribution in [3.8, 4) is 0 Å². The number of nitrogens with one attached hydrogen (secondary N) is 1. The van der Waals surface area contributed by atoms with Gasteiger partial charge in [0.15, 0.2) is 0 Å². The molecule has 0 aliphatic heterocycles. The van der Waals surface area contributed by atoms with E-state index in [4.69, 9.17) is 0 Å². The molecule has 1 aliphatic carbocycles. The van der Waals surface area contributed by atoms with Gasteiger partial charge in [0.05, 0.1) is 8.07 Å². The summed E-state index contributed by atoms with van der Waals surface area (Å²) in [5.41, 5.74) is 0.198. The lowest BCUT2D eigenvalue weighted by molar-refractivity contribution is 0.513. The van der Waals surface area contributed by atoms with Gasteiger partial charge in [0, 0.05) is 5.54 Å². The summed E-state index contributed by atoms with van der Waals surface area (Å²) in [5, 5.41) is 3.88. The molecule has 1 aliphatic rings. The third-order valence-electron chi connectivity index (χ3n) is 4.92. The Kier molecular flexibility index (Phi) is 4.71. The van der Waals surface area contributed by atoms with Crippen molar-refractivity contribution in [3.63, 3.8) is 0 Å². The molecule has 0 radical (unpaired) electrons. The minimum Gasteiger partial charge on any atom is -0.329 e. The van der Waals surface area contributed by atoms with Crippen molar-refractivity contribution in [2.24, 2.45) is 0 Å². The molecule has 20 heavy (non-hydrogen) atoms. The molecule has 1 rings (SSSR count). The van der Waals surface area contributed by atoms with Crippen LogP contribution in [-0.4, -0.2) is 21.8 Å². The molecule has 0 aromatic heterocycles. The maximum atomic E-state index is 3.95. The fourth-order valence-corrected chi connectivity index (χ4v) is 10.6. The predicted octanol–water partition coefficient (Wildman–Crippen LogP) is 5.42. The third kappa shape index (κ3) is 3.74. The van der Waals surface area contributed by atoms with Crippen LogP contribution in [0.5, 0.6) is 0 Å². The first-order chi connectivity index (χ1) is 8.68. The third-order valence-corrected chi connectivity index (χ3v) is 14.1. The lowest BCUT2D eigenvalue weighted by Gasteiger charge is -2.42. The molecule has 0 saturated heterocycles. The maximum absolute atomic E-state index is 3.95. The van der Waals surface area contributed by atoms with Gasteiger partial charge in [-0.1, -0.05) is 69.5 Å². The molecule has 0 aromatic carbocycles. The highest BCUT2D eigenvalue weighted by atomic mass is 28.3. The van der Waals surface area contributed by atoms with Crippen LogP contribution in [0.25, 0.3) is 0 Å². The Labute approximate surface area is 129 Å². The number of allylic oxidation sites excluding steroid dienone is 4. The van der Waals surface area contributed by atoms with Crippen LogP contribution in [0, 0.1) is 0 Å². The Balaban J connectivity index is 3.26. The summed E-state index contributed by atoms with van der Waals surface area (Å²) in [6, 6.07) is 0. The van der Waals surface area contributed by atoms with Gasteiger partial charge < -0.3 is 4.98 Å². The van der Waals surface area contributed by atoms with Gasteiger partial charge in [-0.25, -0.2) is 0 Å². The highest BCUT2D eigenvalue weighted by molar-refractivity contribution is 6.91. The molecule has 0 fully saturated rings. The SMILES string of the molecule is CC(C)(C)N[Si](C)(C)C1=C([Si](C)(C)C(C)(C)C)C=CC1. The molecule has 0 unspecified atom stereocenters. The minimum atomic E-state index is -1.56. The Morgan fingerprint density at radius 2 is 1.45 bits per heavy atom. The summed E-state index contributed by atoms with van der Waals surface area (Å²) in [6.07, 6.45) is 6.01. The number of rotatable bonds is 3. The van der Waals surface area contributed by atoms with Gasteiger partial charge in [0.1, 0.15) is 8.24 Å². The first-order valence-electron chi connectivity index (χ1n) is 7.88. The van der Waals surface area contributed by atoms with E-state index in [1.165, 1.54) is 6.42 Å². The van der Waals surface area contributed by atoms with Crippen molar-refractivity contribution in [2.75, 3.05) is 0 Å². The van der Waals surface area contributed by atoms with Crippen molar-refractivity contribution in [1.82, 2.24) is 4.98 Å². The molecule has 0 amide bonds. The van der Waals surface area contributed by atoms with Crippen LogP contribution in [0.3, 0.4) is 0 Å². The minimum absolute atomic E-state index is 0.198. The van der Waals surface area contributed by atoms with Crippen LogP contribution >= 0.6 is 0 Å². The fraction of sp³-hybridized carbons (Fsp3) is 0.765. The Morgan fingerprint density at radius 3 is 1.85 bits per heavy atom. The second-order valence-electron chi connectivity index (χ2n) is 9.37. The zero-order valence-electron chi connectivity index (χ0n) is 15.4. The summed E-state index contributed by atoms with van der Waals surface area (Å²) in [4.78, 5) is 3.95. The molecule has 0 heterocycles. The van der Waals surface area contributed by atoms with Crippen molar-refractivity contribution in [3.05, 3.63) is 22.5 Å². The van der Waals surface area contributed by atoms with Gasteiger partial charge in [0.2, 0.25) is 0 Å². The van der Waals surface area contributed by atoms with Crippen molar-refractivity contribution >= 4 is 16.3 Å². The normalized spacial score (nSPS) is 18.1. The molecule has 0 atom stereocenters. The summed E-state index contributed by atoms with van der Waals surface area (Å²) >= 11 is 0.